The van der Waals surface area contributed by atoms with Gasteiger partial charge in [-0.2, -0.15) is 0 Å². The van der Waals surface area contributed by atoms with E-state index in [9.17, 15) is 4.79 Å². The third kappa shape index (κ3) is 4.66. The Morgan fingerprint density at radius 2 is 1.69 bits per heavy atom. The molecule has 1 saturated heterocycles. The molecule has 29 heavy (non-hydrogen) atoms. The van der Waals surface area contributed by atoms with Gasteiger partial charge in [-0.15, -0.1) is 5.10 Å². The van der Waals surface area contributed by atoms with Crippen molar-refractivity contribution in [2.24, 2.45) is 0 Å². The van der Waals surface area contributed by atoms with Crippen LogP contribution < -0.4 is 14.2 Å². The molecule has 0 unspecified atom stereocenters. The monoisotopic (exact) mass is 394 g/mol. The maximum absolute atomic E-state index is 12.3. The summed E-state index contributed by atoms with van der Waals surface area (Å²) in [6.45, 7) is 1.54. The Bertz CT molecular complexity index is 937. The minimum atomic E-state index is -0.0511. The Kier molecular flexibility index (Phi) is 5.60. The van der Waals surface area contributed by atoms with Crippen molar-refractivity contribution in [2.45, 2.75) is 12.6 Å². The first-order valence-corrected chi connectivity index (χ1v) is 9.34. The van der Waals surface area contributed by atoms with Crippen molar-refractivity contribution < 1.29 is 19.0 Å². The van der Waals surface area contributed by atoms with Crippen LogP contribution in [0.25, 0.3) is 0 Å². The summed E-state index contributed by atoms with van der Waals surface area (Å²) in [6.07, 6.45) is 1.86. The number of ether oxygens (including phenoxy) is 3. The van der Waals surface area contributed by atoms with E-state index in [1.807, 2.05) is 36.5 Å². The lowest BCUT2D eigenvalue weighted by Crippen LogP contribution is -2.52. The molecule has 4 rings (SSSR count). The van der Waals surface area contributed by atoms with Gasteiger partial charge in [0.15, 0.2) is 6.61 Å². The van der Waals surface area contributed by atoms with Crippen LogP contribution in [0.4, 0.5) is 0 Å². The third-order valence-corrected chi connectivity index (χ3v) is 4.70. The first-order chi connectivity index (χ1) is 14.2. The third-order valence-electron chi connectivity index (χ3n) is 4.70. The van der Waals surface area contributed by atoms with Gasteiger partial charge in [-0.25, -0.2) is 4.68 Å². The van der Waals surface area contributed by atoms with E-state index < -0.39 is 0 Å². The Balaban J connectivity index is 1.21. The summed E-state index contributed by atoms with van der Waals surface area (Å²) in [4.78, 5) is 14.0. The van der Waals surface area contributed by atoms with Crippen molar-refractivity contribution in [3.8, 4) is 17.2 Å². The van der Waals surface area contributed by atoms with Crippen LogP contribution in [0.2, 0.25) is 0 Å². The fourth-order valence-corrected chi connectivity index (χ4v) is 2.97. The molecule has 0 bridgehead atoms. The minimum Gasteiger partial charge on any atom is -0.497 e. The largest absolute Gasteiger partial charge is 0.497 e. The van der Waals surface area contributed by atoms with E-state index in [0.717, 1.165) is 17.2 Å². The number of carbonyl (C=O) groups is 1. The highest BCUT2D eigenvalue weighted by atomic mass is 16.5. The lowest BCUT2D eigenvalue weighted by atomic mass is 10.1. The van der Waals surface area contributed by atoms with Crippen molar-refractivity contribution in [1.29, 1.82) is 0 Å². The Labute approximate surface area is 168 Å². The zero-order chi connectivity index (χ0) is 20.1. The molecule has 2 aromatic carbocycles. The summed E-state index contributed by atoms with van der Waals surface area (Å²) in [5, 5.41) is 8.30. The Hall–Kier alpha value is -3.55. The number of hydrogen-bond donors (Lipinski definition) is 0. The van der Waals surface area contributed by atoms with Crippen LogP contribution in [0.5, 0.6) is 17.2 Å². The lowest BCUT2D eigenvalue weighted by Gasteiger charge is -2.38. The predicted molar refractivity (Wildman–Crippen MR) is 105 cm³/mol. The van der Waals surface area contributed by atoms with Crippen LogP contribution in [-0.4, -0.2) is 52.6 Å². The number of methoxy groups -OCH3 is 1. The molecule has 0 saturated carbocycles. The van der Waals surface area contributed by atoms with Gasteiger partial charge < -0.3 is 19.1 Å². The van der Waals surface area contributed by atoms with Gasteiger partial charge in [0.2, 0.25) is 0 Å². The Morgan fingerprint density at radius 3 is 2.41 bits per heavy atom. The number of para-hydroxylation sites is 1. The van der Waals surface area contributed by atoms with Gasteiger partial charge in [-0.3, -0.25) is 4.79 Å². The first kappa shape index (κ1) is 18.8. The van der Waals surface area contributed by atoms with Crippen molar-refractivity contribution in [1.82, 2.24) is 19.9 Å². The molecule has 1 amide bonds. The molecular formula is C21H22N4O4. The van der Waals surface area contributed by atoms with Gasteiger partial charge in [-0.05, 0) is 36.4 Å². The SMILES string of the molecule is COc1ccc(OCC(=O)N2CC(n3cc(COc4ccccc4)nn3)C2)cc1. The first-order valence-electron chi connectivity index (χ1n) is 9.34. The molecule has 0 atom stereocenters. The number of benzene rings is 2. The molecule has 3 aromatic rings. The summed E-state index contributed by atoms with van der Waals surface area (Å²) in [5.41, 5.74) is 0.751. The van der Waals surface area contributed by atoms with Gasteiger partial charge in [0.25, 0.3) is 5.91 Å². The highest BCUT2D eigenvalue weighted by molar-refractivity contribution is 5.78. The average Bonchev–Trinajstić information content (AvgIpc) is 3.19. The zero-order valence-electron chi connectivity index (χ0n) is 16.1. The average molecular weight is 394 g/mol. The molecule has 0 spiro atoms. The molecular weight excluding hydrogens is 372 g/mol. The summed E-state index contributed by atoms with van der Waals surface area (Å²) in [6, 6.07) is 16.8. The van der Waals surface area contributed by atoms with E-state index in [1.54, 1.807) is 41.0 Å². The van der Waals surface area contributed by atoms with Crippen LogP contribution >= 0.6 is 0 Å². The van der Waals surface area contributed by atoms with E-state index in [-0.39, 0.29) is 18.6 Å². The topological polar surface area (TPSA) is 78.7 Å². The molecule has 8 nitrogen and oxygen atoms in total. The molecule has 1 aliphatic rings. The second kappa shape index (κ2) is 8.64. The second-order valence-corrected chi connectivity index (χ2v) is 6.71. The van der Waals surface area contributed by atoms with Gasteiger partial charge >= 0.3 is 0 Å². The predicted octanol–water partition coefficient (Wildman–Crippen LogP) is 2.33. The quantitative estimate of drug-likeness (QED) is 0.584. The van der Waals surface area contributed by atoms with Crippen LogP contribution in [-0.2, 0) is 11.4 Å². The maximum atomic E-state index is 12.3. The van der Waals surface area contributed by atoms with Crippen LogP contribution in [0.3, 0.4) is 0 Å². The number of nitrogens with zero attached hydrogens (tertiary/aromatic N) is 4. The number of likely N-dealkylation sites (tertiary alicyclic amines) is 1. The van der Waals surface area contributed by atoms with E-state index >= 15 is 0 Å². The van der Waals surface area contributed by atoms with E-state index in [0.29, 0.717) is 25.4 Å². The van der Waals surface area contributed by atoms with Crippen LogP contribution in [0.15, 0.2) is 60.8 Å². The highest BCUT2D eigenvalue weighted by Gasteiger charge is 2.32. The fraction of sp³-hybridized carbons (Fsp3) is 0.286. The fourth-order valence-electron chi connectivity index (χ4n) is 2.97. The molecule has 0 aliphatic carbocycles. The summed E-state index contributed by atoms with van der Waals surface area (Å²) in [5.74, 6) is 2.12. The van der Waals surface area contributed by atoms with Gasteiger partial charge in [0, 0.05) is 13.1 Å². The number of amides is 1. The molecule has 1 aliphatic heterocycles. The summed E-state index contributed by atoms with van der Waals surface area (Å²) < 4.78 is 18.1. The Morgan fingerprint density at radius 1 is 1.00 bits per heavy atom. The minimum absolute atomic E-state index is 0.00652. The molecule has 150 valence electrons. The normalized spacial score (nSPS) is 13.6. The summed E-state index contributed by atoms with van der Waals surface area (Å²) in [7, 11) is 1.61. The van der Waals surface area contributed by atoms with Crippen molar-refractivity contribution in [3.05, 3.63) is 66.5 Å². The van der Waals surface area contributed by atoms with Crippen molar-refractivity contribution in [3.63, 3.8) is 0 Å². The molecule has 1 aromatic heterocycles. The molecule has 8 heteroatoms. The standard InChI is InChI=1S/C21H22N4O4/c1-27-18-7-9-20(10-8-18)29-15-21(26)24-12-17(13-24)25-11-16(22-23-25)14-28-19-5-3-2-4-6-19/h2-11,17H,12-15H2,1H3. The lowest BCUT2D eigenvalue weighted by molar-refractivity contribution is -0.139. The van der Waals surface area contributed by atoms with Crippen LogP contribution in [0, 0.1) is 0 Å². The molecule has 2 heterocycles. The van der Waals surface area contributed by atoms with E-state index in [4.69, 9.17) is 14.2 Å². The van der Waals surface area contributed by atoms with E-state index in [1.165, 1.54) is 0 Å². The molecule has 1 fully saturated rings. The zero-order valence-corrected chi connectivity index (χ0v) is 16.1. The van der Waals surface area contributed by atoms with Gasteiger partial charge in [-0.1, -0.05) is 23.4 Å². The van der Waals surface area contributed by atoms with E-state index in [2.05, 4.69) is 10.3 Å². The smallest absolute Gasteiger partial charge is 0.260 e. The van der Waals surface area contributed by atoms with Crippen LogP contribution in [0.1, 0.15) is 11.7 Å². The number of hydrogen-bond acceptors (Lipinski definition) is 6. The van der Waals surface area contributed by atoms with Crippen molar-refractivity contribution in [2.75, 3.05) is 26.8 Å². The van der Waals surface area contributed by atoms with Gasteiger partial charge in [0.05, 0.1) is 19.3 Å². The maximum Gasteiger partial charge on any atom is 0.260 e. The molecule has 0 radical (unpaired) electrons. The number of rotatable bonds is 8. The number of carbonyl (C=O) groups excluding carboxylic acids is 1. The second-order valence-electron chi connectivity index (χ2n) is 6.71. The molecule has 0 N–H and O–H groups in total. The highest BCUT2D eigenvalue weighted by Crippen LogP contribution is 2.22. The van der Waals surface area contributed by atoms with Crippen molar-refractivity contribution >= 4 is 5.91 Å². The van der Waals surface area contributed by atoms with Gasteiger partial charge in [0.1, 0.15) is 29.5 Å². The summed E-state index contributed by atoms with van der Waals surface area (Å²) >= 11 is 0. The number of aromatic nitrogens is 3.